The molecule has 46 heteroatoms. The average molecular weight is 1820 g/mol. The standard InChI is InChI=1S/C23H27NO9S.C23H27NO8S.C12H22O7.C11H19N3O7.C10H18O8/c1-11-14(25)8-23(30,22(29)31-2)33-19(11)18(27)15(26)9-24-21(28)17-7-12-10-32-16-6-4-3-5-13(16)20(12)34-17;1-11-14(25)8-23(2,22(29)30)32-19(11)18(27)15(26)9-24-21(28)17-7-12-10-31-16-6-4-3-5-13(16)20(12)33-17;1-4-7(13)9(15)10-6(2)8(14)5-12(17,19-10)11(16)18-3;1-5-6(15)3-11(19,10(18)20-2)21-9(5)8(17)7(16)4-13-14-12;1-4-5(12)2-10(17,9(15)16)18-8(4)7(14)6(13)3-11/h3-7,11,14-15,18-19,25-27,30H,8-10H2,1-2H3,(H,24,28);3-7,11,14-15,18-19,25-27H,8-10H2,1-2H3,(H,24,28)(H,29,30);6-10,13-15,17H,4-5H2,1-3H3;5-9,15-17,19H,3-4H2,1-2H3;4-8,11-14,17H,2-3H2,1H3,(H,15,16)/t2*11-,14-,15?,18?,19?,23-;6-,7?,8-,9?,10?,12-;5-,6-,7?,8?,9?,11-;4-,5-,6?,7?,8?,10-/m11111/s1. The Morgan fingerprint density at radius 1 is 0.480 bits per heavy atom. The lowest BCUT2D eigenvalue weighted by atomic mass is 9.81. The molecule has 44 nitrogen and oxygen atoms in total. The van der Waals surface area contributed by atoms with Crippen molar-refractivity contribution in [1.82, 2.24) is 10.6 Å². The third-order valence-electron chi connectivity index (χ3n) is 22.8. The first-order valence-electron chi connectivity index (χ1n) is 39.6. The summed E-state index contributed by atoms with van der Waals surface area (Å²) in [7, 11) is 3.17. The van der Waals surface area contributed by atoms with Crippen LogP contribution in [-0.4, -0.2) is 352 Å². The van der Waals surface area contributed by atoms with Gasteiger partial charge >= 0.3 is 29.8 Å². The highest BCUT2D eigenvalue weighted by Gasteiger charge is 2.58. The maximum absolute atomic E-state index is 12.7. The number of benzene rings is 2. The van der Waals surface area contributed by atoms with E-state index in [0.717, 1.165) is 64.8 Å². The number of azide groups is 1. The number of carboxylic acid groups (broad SMARTS) is 2. The number of thiophene rings is 2. The Balaban J connectivity index is 0.000000221. The van der Waals surface area contributed by atoms with E-state index >= 15 is 0 Å². The van der Waals surface area contributed by atoms with Gasteiger partial charge in [-0.3, -0.25) is 9.59 Å². The number of aliphatic hydroxyl groups is 20. The highest BCUT2D eigenvalue weighted by Crippen LogP contribution is 2.46. The quantitative estimate of drug-likeness (QED) is 0.0101. The Hall–Kier alpha value is -7.96. The molecule has 0 bridgehead atoms. The van der Waals surface area contributed by atoms with Gasteiger partial charge in [-0.25, -0.2) is 24.0 Å². The number of nitrogens with zero attached hydrogens (tertiary/aromatic N) is 3. The summed E-state index contributed by atoms with van der Waals surface area (Å²) in [6.45, 7) is 9.70. The maximum Gasteiger partial charge on any atom is 0.366 e. The molecule has 5 saturated heterocycles. The van der Waals surface area contributed by atoms with Gasteiger partial charge in [0.2, 0.25) is 0 Å². The van der Waals surface area contributed by atoms with Crippen LogP contribution in [0, 0.1) is 29.6 Å². The van der Waals surface area contributed by atoms with Crippen molar-refractivity contribution in [2.75, 3.05) is 47.6 Å². The summed E-state index contributed by atoms with van der Waals surface area (Å²) in [5.74, 6) is -18.6. The lowest BCUT2D eigenvalue weighted by molar-refractivity contribution is -0.302. The normalized spacial score (nSPS) is 32.5. The molecule has 24 N–H and O–H groups in total. The SMILES string of the molecule is CCC(O)C(O)C1O[C@@](O)(C(=O)OC)C[C@@H](O)[C@H]1C.COC(=O)[C@@]1(O)C[C@@H](O)[C@@H](C)C(C(O)C(O)CN=[N+]=[N-])O1.COC(=O)[C@@]1(O)C[C@@H](O)[C@@H](C)C(C(O)C(O)CNC(=O)c2cc3c(s2)-c2ccccc2OC3)O1.C[C@H]1C(C(O)C(O)CNC(=O)c2cc3c(s2)-c2ccccc2OC3)O[C@@](C)(C(=O)O)C[C@H]1O.C[C@H]1C(C(O)C(O)CO)O[C@@](O)(C(=O)O)C[C@H]1O. The van der Waals surface area contributed by atoms with Gasteiger partial charge < -0.3 is 170 Å². The second-order valence-electron chi connectivity index (χ2n) is 31.7. The summed E-state index contributed by atoms with van der Waals surface area (Å²) in [5.41, 5.74) is 10.1. The van der Waals surface area contributed by atoms with Crippen molar-refractivity contribution < 1.29 is 193 Å². The van der Waals surface area contributed by atoms with E-state index < -0.39 is 254 Å². The second-order valence-corrected chi connectivity index (χ2v) is 33.8. The molecule has 7 aliphatic rings. The number of methoxy groups -OCH3 is 3. The minimum Gasteiger partial charge on any atom is -0.488 e. The van der Waals surface area contributed by atoms with Crippen LogP contribution in [0.5, 0.6) is 11.5 Å². The van der Waals surface area contributed by atoms with Gasteiger partial charge in [-0.15, -0.1) is 22.7 Å². The third-order valence-corrected chi connectivity index (χ3v) is 25.2. The summed E-state index contributed by atoms with van der Waals surface area (Å²) >= 11 is 2.62. The molecule has 700 valence electrons. The maximum atomic E-state index is 12.7. The van der Waals surface area contributed by atoms with E-state index in [2.05, 4.69) is 34.9 Å². The fourth-order valence-corrected chi connectivity index (χ4v) is 16.9. The monoisotopic (exact) mass is 1820 g/mol. The van der Waals surface area contributed by atoms with E-state index in [-0.39, 0.29) is 32.4 Å². The van der Waals surface area contributed by atoms with Crippen LogP contribution in [0.25, 0.3) is 31.3 Å². The first-order chi connectivity index (χ1) is 58.5. The number of ether oxygens (including phenoxy) is 10. The number of aliphatic hydroxyl groups excluding tert-OH is 16. The Kier molecular flexibility index (Phi) is 37.0. The minimum absolute atomic E-state index is 0.130. The number of hydrogen-bond donors (Lipinski definition) is 24. The molecular formula is C79H113N5O39S2. The molecule has 15 unspecified atom stereocenters. The van der Waals surface area contributed by atoms with Crippen molar-refractivity contribution in [2.45, 2.75) is 251 Å². The largest absolute Gasteiger partial charge is 0.488 e. The van der Waals surface area contributed by atoms with Crippen LogP contribution >= 0.6 is 22.7 Å². The van der Waals surface area contributed by atoms with Gasteiger partial charge in [0, 0.05) is 112 Å². The minimum atomic E-state index is -2.62. The number of carboxylic acids is 2. The zero-order chi connectivity index (χ0) is 93.6. The van der Waals surface area contributed by atoms with Gasteiger partial charge in [0.05, 0.1) is 130 Å². The van der Waals surface area contributed by atoms with E-state index in [1.807, 2.05) is 48.5 Å². The van der Waals surface area contributed by atoms with Crippen LogP contribution in [0.3, 0.4) is 0 Å². The first-order valence-corrected chi connectivity index (χ1v) is 41.2. The van der Waals surface area contributed by atoms with Crippen LogP contribution in [-0.2, 0) is 75.1 Å². The Labute approximate surface area is 722 Å². The summed E-state index contributed by atoms with van der Waals surface area (Å²) in [6, 6.07) is 18.6. The molecule has 125 heavy (non-hydrogen) atoms. The van der Waals surface area contributed by atoms with E-state index in [9.17, 15) is 136 Å². The van der Waals surface area contributed by atoms with Crippen LogP contribution in [0.1, 0.15) is 117 Å². The predicted octanol–water partition coefficient (Wildman–Crippen LogP) is -3.51. The smallest absolute Gasteiger partial charge is 0.366 e. The topological polar surface area (TPSA) is 730 Å². The fourth-order valence-electron chi connectivity index (χ4n) is 14.7. The number of esters is 3. The number of amides is 2. The molecule has 11 rings (SSSR count). The Morgan fingerprint density at radius 2 is 0.792 bits per heavy atom. The number of fused-ring (bicyclic) bond motifs is 6. The van der Waals surface area contributed by atoms with Crippen molar-refractivity contribution in [3.63, 3.8) is 0 Å². The first kappa shape index (κ1) is 104. The number of aliphatic carboxylic acids is 2. The number of rotatable bonds is 25. The Morgan fingerprint density at radius 3 is 1.12 bits per heavy atom. The number of hydrogen-bond acceptors (Lipinski definition) is 40. The third kappa shape index (κ3) is 24.5. The molecule has 4 aromatic rings. The molecule has 30 atom stereocenters. The highest BCUT2D eigenvalue weighted by molar-refractivity contribution is 7.18. The molecule has 0 aliphatic carbocycles. The van der Waals surface area contributed by atoms with Crippen LogP contribution < -0.4 is 20.1 Å². The summed E-state index contributed by atoms with van der Waals surface area (Å²) in [5, 5.41) is 226. The van der Waals surface area contributed by atoms with Crippen LogP contribution in [0.4, 0.5) is 0 Å². The van der Waals surface area contributed by atoms with Gasteiger partial charge in [0.15, 0.2) is 5.60 Å². The summed E-state index contributed by atoms with van der Waals surface area (Å²) in [4.78, 5) is 88.0. The molecule has 9 heterocycles. The van der Waals surface area contributed by atoms with E-state index in [1.165, 1.54) is 43.4 Å². The Bertz CT molecular complexity index is 4350. The number of carbonyl (C=O) groups is 7. The zero-order valence-corrected chi connectivity index (χ0v) is 71.3. The van der Waals surface area contributed by atoms with E-state index in [1.54, 1.807) is 39.8 Å². The second kappa shape index (κ2) is 44.4. The van der Waals surface area contributed by atoms with E-state index in [4.69, 9.17) is 48.9 Å². The van der Waals surface area contributed by atoms with Crippen LogP contribution in [0.2, 0.25) is 0 Å². The lowest BCUT2D eigenvalue weighted by Crippen LogP contribution is -2.60. The summed E-state index contributed by atoms with van der Waals surface area (Å²) in [6.07, 6.45) is -27.9. The van der Waals surface area contributed by atoms with Crippen molar-refractivity contribution in [1.29, 1.82) is 0 Å². The van der Waals surface area contributed by atoms with Gasteiger partial charge in [-0.2, -0.15) is 0 Å². The highest BCUT2D eigenvalue weighted by atomic mass is 32.1. The van der Waals surface area contributed by atoms with Gasteiger partial charge in [0.1, 0.15) is 61.3 Å². The molecule has 0 spiro atoms. The van der Waals surface area contributed by atoms with Gasteiger partial charge in [0.25, 0.3) is 35.0 Å². The lowest BCUT2D eigenvalue weighted by Gasteiger charge is -2.44. The summed E-state index contributed by atoms with van der Waals surface area (Å²) < 4.78 is 50.9. The molecule has 5 fully saturated rings. The number of carbonyl (C=O) groups excluding carboxylic acids is 5. The number of nitrogens with one attached hydrogen (secondary N) is 2. The van der Waals surface area contributed by atoms with E-state index in [0.29, 0.717) is 23.0 Å². The molecule has 2 aromatic carbocycles. The molecule has 2 amide bonds. The van der Waals surface area contributed by atoms with Gasteiger partial charge in [-0.1, -0.05) is 70.9 Å². The fraction of sp³-hybridized carbons (Fsp3) is 0.658. The van der Waals surface area contributed by atoms with Crippen LogP contribution in [0.15, 0.2) is 65.8 Å². The van der Waals surface area contributed by atoms with Crippen molar-refractivity contribution >= 4 is 64.3 Å². The predicted molar refractivity (Wildman–Crippen MR) is 427 cm³/mol. The molecule has 0 saturated carbocycles. The van der Waals surface area contributed by atoms with Crippen molar-refractivity contribution in [3.05, 3.63) is 92.0 Å². The molecule has 2 aromatic heterocycles. The van der Waals surface area contributed by atoms with Gasteiger partial charge in [-0.05, 0) is 55.3 Å². The molecular weight excluding hydrogens is 1710 g/mol. The van der Waals surface area contributed by atoms with Crippen molar-refractivity contribution in [2.24, 2.45) is 34.7 Å². The zero-order valence-electron chi connectivity index (χ0n) is 69.6. The van der Waals surface area contributed by atoms with Crippen molar-refractivity contribution in [3.8, 4) is 32.4 Å². The average Bonchev–Trinajstić information content (AvgIpc) is 1.75. The number of para-hydroxylation sites is 2. The molecule has 7 aliphatic heterocycles. The molecule has 0 radical (unpaired) electrons.